The second-order valence-corrected chi connectivity index (χ2v) is 6.30. The predicted octanol–water partition coefficient (Wildman–Crippen LogP) is 5.25. The summed E-state index contributed by atoms with van der Waals surface area (Å²) in [6, 6.07) is 18.6. The number of hydrogen-bond donors (Lipinski definition) is 0. The van der Waals surface area contributed by atoms with Crippen molar-refractivity contribution in [2.24, 2.45) is 0 Å². The maximum absolute atomic E-state index is 11.3. The predicted molar refractivity (Wildman–Crippen MR) is 104 cm³/mol. The maximum Gasteiger partial charge on any atom is 0.270 e. The molecule has 0 N–H and O–H groups in total. The first-order chi connectivity index (χ1) is 13.2. The van der Waals surface area contributed by atoms with Gasteiger partial charge < -0.3 is 4.74 Å². The molecule has 4 rings (SSSR count). The highest BCUT2D eigenvalue weighted by molar-refractivity contribution is 6.00. The van der Waals surface area contributed by atoms with E-state index in [4.69, 9.17) is 4.74 Å². The summed E-state index contributed by atoms with van der Waals surface area (Å²) in [7, 11) is 0. The number of allylic oxidation sites excluding steroid dienone is 1. The maximum atomic E-state index is 11.3. The molecule has 0 aliphatic carbocycles. The molecule has 5 nitrogen and oxygen atoms in total. The van der Waals surface area contributed by atoms with E-state index in [-0.39, 0.29) is 10.6 Å². The lowest BCUT2D eigenvalue weighted by atomic mass is 9.87. The quantitative estimate of drug-likeness (QED) is 0.474. The molecule has 2 aromatic carbocycles. The second kappa shape index (κ2) is 7.03. The number of nitro groups is 1. The Morgan fingerprint density at radius 3 is 2.74 bits per heavy atom. The van der Waals surface area contributed by atoms with Crippen LogP contribution in [0.2, 0.25) is 0 Å². The molecule has 0 atom stereocenters. The fourth-order valence-electron chi connectivity index (χ4n) is 3.53. The van der Waals surface area contributed by atoms with Crippen molar-refractivity contribution in [3.05, 3.63) is 99.4 Å². The van der Waals surface area contributed by atoms with Gasteiger partial charge in [-0.3, -0.25) is 15.1 Å². The molecule has 0 saturated heterocycles. The Labute approximate surface area is 157 Å². The third kappa shape index (κ3) is 3.08. The van der Waals surface area contributed by atoms with Crippen LogP contribution in [0.25, 0.3) is 11.1 Å². The van der Waals surface area contributed by atoms with Crippen molar-refractivity contribution in [1.29, 1.82) is 0 Å². The van der Waals surface area contributed by atoms with Crippen LogP contribution in [0, 0.1) is 10.1 Å². The summed E-state index contributed by atoms with van der Waals surface area (Å²) in [5.41, 5.74) is 5.83. The fourth-order valence-corrected chi connectivity index (χ4v) is 3.53. The summed E-state index contributed by atoms with van der Waals surface area (Å²) in [4.78, 5) is 15.4. The van der Waals surface area contributed by atoms with Crippen molar-refractivity contribution in [3.63, 3.8) is 0 Å². The van der Waals surface area contributed by atoms with Gasteiger partial charge in [0, 0.05) is 29.5 Å². The van der Waals surface area contributed by atoms with Crippen LogP contribution in [0.3, 0.4) is 0 Å². The number of benzene rings is 2. The van der Waals surface area contributed by atoms with E-state index in [0.29, 0.717) is 6.61 Å². The van der Waals surface area contributed by atoms with Gasteiger partial charge in [0.2, 0.25) is 0 Å². The summed E-state index contributed by atoms with van der Waals surface area (Å²) in [6.45, 7) is 2.45. The topological polar surface area (TPSA) is 65.3 Å². The van der Waals surface area contributed by atoms with E-state index in [0.717, 1.165) is 45.7 Å². The van der Waals surface area contributed by atoms with Gasteiger partial charge in [0.15, 0.2) is 0 Å². The van der Waals surface area contributed by atoms with Gasteiger partial charge in [0.25, 0.3) is 5.69 Å². The van der Waals surface area contributed by atoms with Gasteiger partial charge in [0.1, 0.15) is 12.4 Å². The number of nitro benzene ring substituents is 1. The van der Waals surface area contributed by atoms with E-state index in [2.05, 4.69) is 11.9 Å². The van der Waals surface area contributed by atoms with E-state index >= 15 is 0 Å². The average molecular weight is 358 g/mol. The Morgan fingerprint density at radius 2 is 1.93 bits per heavy atom. The van der Waals surface area contributed by atoms with Crippen LogP contribution in [0.1, 0.15) is 35.7 Å². The van der Waals surface area contributed by atoms with E-state index in [1.54, 1.807) is 18.3 Å². The van der Waals surface area contributed by atoms with Crippen molar-refractivity contribution >= 4 is 16.8 Å². The molecule has 0 unspecified atom stereocenters. The minimum Gasteiger partial charge on any atom is -0.487 e. The number of hydrogen-bond acceptors (Lipinski definition) is 4. The van der Waals surface area contributed by atoms with E-state index in [9.17, 15) is 10.1 Å². The molecule has 0 fully saturated rings. The van der Waals surface area contributed by atoms with Crippen LogP contribution in [0.4, 0.5) is 5.69 Å². The number of para-hydroxylation sites is 1. The third-order valence-corrected chi connectivity index (χ3v) is 4.74. The fraction of sp³-hybridized carbons (Fsp3) is 0.136. The second-order valence-electron chi connectivity index (χ2n) is 6.30. The van der Waals surface area contributed by atoms with Crippen LogP contribution >= 0.6 is 0 Å². The molecule has 3 aromatic rings. The van der Waals surface area contributed by atoms with Crippen molar-refractivity contribution in [1.82, 2.24) is 4.98 Å². The van der Waals surface area contributed by atoms with Gasteiger partial charge in [-0.15, -0.1) is 0 Å². The number of fused-ring (bicyclic) bond motifs is 2. The molecule has 1 aliphatic rings. The van der Waals surface area contributed by atoms with Crippen molar-refractivity contribution in [2.75, 3.05) is 0 Å². The third-order valence-electron chi connectivity index (χ3n) is 4.74. The first kappa shape index (κ1) is 17.0. The number of aromatic nitrogens is 1. The molecule has 27 heavy (non-hydrogen) atoms. The smallest absolute Gasteiger partial charge is 0.270 e. The summed E-state index contributed by atoms with van der Waals surface area (Å²) in [5.74, 6) is 0.793. The van der Waals surface area contributed by atoms with E-state index in [1.165, 1.54) is 6.07 Å². The van der Waals surface area contributed by atoms with Crippen molar-refractivity contribution < 1.29 is 9.66 Å². The summed E-state index contributed by atoms with van der Waals surface area (Å²) in [6.07, 6.45) is 2.48. The summed E-state index contributed by atoms with van der Waals surface area (Å²) < 4.78 is 5.99. The molecule has 0 spiro atoms. The van der Waals surface area contributed by atoms with Gasteiger partial charge in [-0.05, 0) is 35.3 Å². The molecule has 2 heterocycles. The molecule has 0 radical (unpaired) electrons. The molecular weight excluding hydrogens is 340 g/mol. The Hall–Kier alpha value is -3.47. The van der Waals surface area contributed by atoms with Crippen molar-refractivity contribution in [3.8, 4) is 5.75 Å². The average Bonchev–Trinajstić information content (AvgIpc) is 2.87. The zero-order valence-corrected chi connectivity index (χ0v) is 14.9. The van der Waals surface area contributed by atoms with Gasteiger partial charge >= 0.3 is 0 Å². The molecule has 0 saturated carbocycles. The van der Waals surface area contributed by atoms with Crippen LogP contribution in [0.5, 0.6) is 5.75 Å². The number of rotatable bonds is 3. The lowest BCUT2D eigenvalue weighted by Gasteiger charge is -2.16. The van der Waals surface area contributed by atoms with Gasteiger partial charge in [-0.25, -0.2) is 0 Å². The van der Waals surface area contributed by atoms with Crippen molar-refractivity contribution in [2.45, 2.75) is 20.0 Å². The largest absolute Gasteiger partial charge is 0.487 e. The van der Waals surface area contributed by atoms with Gasteiger partial charge in [-0.1, -0.05) is 43.3 Å². The standard InChI is InChI=1S/C22H18N2O3/c1-2-17(15-7-5-8-16(13-15)24(25)26)22-18-10-6-12-23-20(18)14-27-21-11-4-3-9-19(21)22/h3-13H,2,14H2,1H3/b22-17-. The molecule has 1 aliphatic heterocycles. The highest BCUT2D eigenvalue weighted by Gasteiger charge is 2.23. The summed E-state index contributed by atoms with van der Waals surface area (Å²) in [5, 5.41) is 11.3. The monoisotopic (exact) mass is 358 g/mol. The molecule has 5 heteroatoms. The minimum absolute atomic E-state index is 0.0867. The molecular formula is C22H18N2O3. The summed E-state index contributed by atoms with van der Waals surface area (Å²) >= 11 is 0. The lowest BCUT2D eigenvalue weighted by molar-refractivity contribution is -0.384. The Morgan fingerprint density at radius 1 is 1.11 bits per heavy atom. The first-order valence-electron chi connectivity index (χ1n) is 8.83. The molecule has 1 aromatic heterocycles. The van der Waals surface area contributed by atoms with Crippen LogP contribution in [-0.2, 0) is 6.61 Å². The number of non-ortho nitro benzene ring substituents is 1. The Balaban J connectivity index is 2.05. The number of ether oxygens (including phenoxy) is 1. The SMILES string of the molecule is CC/C(=C1/c2ccccc2OCc2ncccc21)c1cccc([N+](=O)[O-])c1. The van der Waals surface area contributed by atoms with Crippen LogP contribution in [-0.4, -0.2) is 9.91 Å². The number of pyridine rings is 1. The van der Waals surface area contributed by atoms with Crippen LogP contribution in [0.15, 0.2) is 66.9 Å². The van der Waals surface area contributed by atoms with E-state index in [1.807, 2.05) is 42.5 Å². The highest BCUT2D eigenvalue weighted by Crippen LogP contribution is 2.41. The first-order valence-corrected chi connectivity index (χ1v) is 8.83. The van der Waals surface area contributed by atoms with Gasteiger partial charge in [0.05, 0.1) is 10.6 Å². The Kier molecular flexibility index (Phi) is 4.42. The zero-order chi connectivity index (χ0) is 18.8. The minimum atomic E-state index is -0.360. The van der Waals surface area contributed by atoms with Gasteiger partial charge in [-0.2, -0.15) is 0 Å². The normalized spacial score (nSPS) is 14.4. The van der Waals surface area contributed by atoms with Crippen LogP contribution < -0.4 is 4.74 Å². The number of nitrogens with zero attached hydrogens (tertiary/aromatic N) is 2. The molecule has 0 amide bonds. The zero-order valence-electron chi connectivity index (χ0n) is 14.9. The lowest BCUT2D eigenvalue weighted by Crippen LogP contribution is -2.00. The van der Waals surface area contributed by atoms with E-state index < -0.39 is 0 Å². The molecule has 0 bridgehead atoms. The highest BCUT2D eigenvalue weighted by atomic mass is 16.6. The molecule has 134 valence electrons. The Bertz CT molecular complexity index is 1010.